The van der Waals surface area contributed by atoms with E-state index in [0.29, 0.717) is 17.1 Å². The summed E-state index contributed by atoms with van der Waals surface area (Å²) in [5, 5.41) is 14.2. The third kappa shape index (κ3) is 6.91. The zero-order valence-electron chi connectivity index (χ0n) is 19.1. The second-order valence-electron chi connectivity index (χ2n) is 7.48. The van der Waals surface area contributed by atoms with Gasteiger partial charge in [-0.05, 0) is 31.0 Å². The van der Waals surface area contributed by atoms with Crippen LogP contribution in [0.5, 0.6) is 0 Å². The standard InChI is InChI=1S/C22H27ClN4O6S/c1-4-20(22(29)24-5-2)25(14-16-9-6-7-12-19(16)23)21(28)15-26(34(3,32)33)17-10-8-11-18(13-17)27(30)31/h6-13,20H,4-5,14-15H2,1-3H3,(H,24,29)/t20-/m1/s1. The number of sulfonamides is 1. The van der Waals surface area contributed by atoms with Crippen LogP contribution in [0.25, 0.3) is 0 Å². The van der Waals surface area contributed by atoms with Crippen LogP contribution < -0.4 is 9.62 Å². The molecule has 34 heavy (non-hydrogen) atoms. The molecule has 0 saturated carbocycles. The summed E-state index contributed by atoms with van der Waals surface area (Å²) in [6, 6.07) is 10.9. The Morgan fingerprint density at radius 3 is 2.38 bits per heavy atom. The molecule has 0 aromatic heterocycles. The maximum Gasteiger partial charge on any atom is 0.271 e. The molecule has 0 saturated heterocycles. The minimum atomic E-state index is -4.00. The number of hydrogen-bond donors (Lipinski definition) is 1. The van der Waals surface area contributed by atoms with Crippen molar-refractivity contribution in [2.24, 2.45) is 0 Å². The van der Waals surface area contributed by atoms with Crippen LogP contribution in [0.2, 0.25) is 5.02 Å². The first-order valence-electron chi connectivity index (χ1n) is 10.5. The molecule has 1 atom stereocenters. The Bertz CT molecular complexity index is 1160. The van der Waals surface area contributed by atoms with E-state index in [4.69, 9.17) is 11.6 Å². The number of rotatable bonds is 11. The summed E-state index contributed by atoms with van der Waals surface area (Å²) in [4.78, 5) is 38.0. The van der Waals surface area contributed by atoms with Crippen LogP contribution in [0.1, 0.15) is 25.8 Å². The predicted molar refractivity (Wildman–Crippen MR) is 130 cm³/mol. The van der Waals surface area contributed by atoms with Crippen molar-refractivity contribution in [3.63, 3.8) is 0 Å². The molecule has 0 aliphatic rings. The number of nitrogens with zero attached hydrogens (tertiary/aromatic N) is 3. The number of carbonyl (C=O) groups excluding carboxylic acids is 2. The molecule has 2 aromatic carbocycles. The van der Waals surface area contributed by atoms with Crippen molar-refractivity contribution in [3.8, 4) is 0 Å². The van der Waals surface area contributed by atoms with E-state index < -0.39 is 33.4 Å². The highest BCUT2D eigenvalue weighted by Gasteiger charge is 2.32. The molecule has 0 heterocycles. The Labute approximate surface area is 203 Å². The number of nitro groups is 1. The number of nitro benzene ring substituents is 1. The highest BCUT2D eigenvalue weighted by Crippen LogP contribution is 2.25. The van der Waals surface area contributed by atoms with Gasteiger partial charge in [-0.1, -0.05) is 42.8 Å². The molecule has 184 valence electrons. The van der Waals surface area contributed by atoms with Gasteiger partial charge in [0.15, 0.2) is 0 Å². The van der Waals surface area contributed by atoms with Gasteiger partial charge in [0.05, 0.1) is 16.9 Å². The van der Waals surface area contributed by atoms with Gasteiger partial charge < -0.3 is 10.2 Å². The van der Waals surface area contributed by atoms with E-state index in [9.17, 15) is 28.1 Å². The van der Waals surface area contributed by atoms with E-state index in [0.717, 1.165) is 16.6 Å². The highest BCUT2D eigenvalue weighted by molar-refractivity contribution is 7.92. The number of halogens is 1. The minimum absolute atomic E-state index is 0.0271. The minimum Gasteiger partial charge on any atom is -0.355 e. The van der Waals surface area contributed by atoms with Crippen LogP contribution in [0.15, 0.2) is 48.5 Å². The summed E-state index contributed by atoms with van der Waals surface area (Å²) in [6.45, 7) is 3.16. The van der Waals surface area contributed by atoms with Gasteiger partial charge in [-0.15, -0.1) is 0 Å². The number of amides is 2. The predicted octanol–water partition coefficient (Wildman–Crippen LogP) is 2.96. The number of anilines is 1. The Morgan fingerprint density at radius 2 is 1.82 bits per heavy atom. The molecule has 2 amide bonds. The number of carbonyl (C=O) groups is 2. The van der Waals surface area contributed by atoms with Gasteiger partial charge in [-0.25, -0.2) is 8.42 Å². The average molecular weight is 511 g/mol. The molecule has 0 aliphatic heterocycles. The zero-order chi connectivity index (χ0) is 25.5. The van der Waals surface area contributed by atoms with E-state index in [1.807, 2.05) is 0 Å². The molecular formula is C22H27ClN4O6S. The van der Waals surface area contributed by atoms with Gasteiger partial charge in [0.25, 0.3) is 5.69 Å². The van der Waals surface area contributed by atoms with Crippen molar-refractivity contribution in [3.05, 3.63) is 69.2 Å². The lowest BCUT2D eigenvalue weighted by Crippen LogP contribution is -2.52. The Morgan fingerprint density at radius 1 is 1.15 bits per heavy atom. The van der Waals surface area contributed by atoms with Crippen molar-refractivity contribution >= 4 is 44.8 Å². The summed E-state index contributed by atoms with van der Waals surface area (Å²) >= 11 is 6.27. The maximum absolute atomic E-state index is 13.5. The SMILES string of the molecule is CCNC(=O)[C@@H](CC)N(Cc1ccccc1Cl)C(=O)CN(c1cccc([N+](=O)[O-])c1)S(C)(=O)=O. The second kappa shape index (κ2) is 11.8. The Balaban J connectivity index is 2.48. The van der Waals surface area contributed by atoms with Gasteiger partial charge in [0.1, 0.15) is 12.6 Å². The fourth-order valence-corrected chi connectivity index (χ4v) is 4.43. The van der Waals surface area contributed by atoms with Gasteiger partial charge in [0.2, 0.25) is 21.8 Å². The van der Waals surface area contributed by atoms with Crippen LogP contribution in [0.4, 0.5) is 11.4 Å². The van der Waals surface area contributed by atoms with Crippen LogP contribution in [-0.4, -0.2) is 55.4 Å². The fourth-order valence-electron chi connectivity index (χ4n) is 3.40. The zero-order valence-corrected chi connectivity index (χ0v) is 20.7. The molecule has 10 nitrogen and oxygen atoms in total. The van der Waals surface area contributed by atoms with E-state index >= 15 is 0 Å². The molecule has 2 rings (SSSR count). The fraction of sp³-hybridized carbons (Fsp3) is 0.364. The lowest BCUT2D eigenvalue weighted by molar-refractivity contribution is -0.384. The van der Waals surface area contributed by atoms with E-state index in [2.05, 4.69) is 5.32 Å². The normalized spacial score (nSPS) is 12.0. The molecular weight excluding hydrogens is 484 g/mol. The number of non-ortho nitro benzene ring substituents is 1. The monoisotopic (exact) mass is 510 g/mol. The third-order valence-corrected chi connectivity index (χ3v) is 6.55. The van der Waals surface area contributed by atoms with Crippen molar-refractivity contribution in [1.82, 2.24) is 10.2 Å². The second-order valence-corrected chi connectivity index (χ2v) is 9.79. The van der Waals surface area contributed by atoms with Gasteiger partial charge in [-0.2, -0.15) is 0 Å². The van der Waals surface area contributed by atoms with Gasteiger partial charge in [-0.3, -0.25) is 24.0 Å². The topological polar surface area (TPSA) is 130 Å². The van der Waals surface area contributed by atoms with Crippen LogP contribution in [-0.2, 0) is 26.2 Å². The van der Waals surface area contributed by atoms with Gasteiger partial charge in [0, 0.05) is 30.2 Å². The first-order valence-corrected chi connectivity index (χ1v) is 12.7. The smallest absolute Gasteiger partial charge is 0.271 e. The van der Waals surface area contributed by atoms with E-state index in [-0.39, 0.29) is 30.2 Å². The van der Waals surface area contributed by atoms with Crippen molar-refractivity contribution in [2.75, 3.05) is 23.7 Å². The lowest BCUT2D eigenvalue weighted by Gasteiger charge is -2.33. The number of benzene rings is 2. The third-order valence-electron chi connectivity index (χ3n) is 5.04. The summed E-state index contributed by atoms with van der Waals surface area (Å²) in [5.74, 6) is -1.04. The quantitative estimate of drug-likeness (QED) is 0.365. The average Bonchev–Trinajstić information content (AvgIpc) is 2.77. The molecule has 0 aliphatic carbocycles. The van der Waals surface area contributed by atoms with Crippen LogP contribution in [0, 0.1) is 10.1 Å². The van der Waals surface area contributed by atoms with E-state index in [1.165, 1.54) is 23.1 Å². The highest BCUT2D eigenvalue weighted by atomic mass is 35.5. The molecule has 0 bridgehead atoms. The largest absolute Gasteiger partial charge is 0.355 e. The number of likely N-dealkylation sites (N-methyl/N-ethyl adjacent to an activating group) is 1. The van der Waals surface area contributed by atoms with Gasteiger partial charge >= 0.3 is 0 Å². The number of nitrogens with one attached hydrogen (secondary N) is 1. The number of hydrogen-bond acceptors (Lipinski definition) is 6. The molecule has 0 spiro atoms. The summed E-state index contributed by atoms with van der Waals surface area (Å²) in [5.41, 5.74) is 0.232. The summed E-state index contributed by atoms with van der Waals surface area (Å²) in [6.07, 6.45) is 1.18. The first-order chi connectivity index (χ1) is 16.0. The molecule has 0 unspecified atom stereocenters. The molecule has 1 N–H and O–H groups in total. The molecule has 0 fully saturated rings. The Kier molecular flexibility index (Phi) is 9.39. The van der Waals surface area contributed by atoms with Crippen molar-refractivity contribution < 1.29 is 22.9 Å². The van der Waals surface area contributed by atoms with Crippen LogP contribution >= 0.6 is 11.6 Å². The van der Waals surface area contributed by atoms with Crippen LogP contribution in [0.3, 0.4) is 0 Å². The van der Waals surface area contributed by atoms with Crippen molar-refractivity contribution in [1.29, 1.82) is 0 Å². The molecule has 0 radical (unpaired) electrons. The lowest BCUT2D eigenvalue weighted by atomic mass is 10.1. The summed E-state index contributed by atoms with van der Waals surface area (Å²) in [7, 11) is -4.00. The van der Waals surface area contributed by atoms with Crippen molar-refractivity contribution in [2.45, 2.75) is 32.9 Å². The molecule has 2 aromatic rings. The Hall–Kier alpha value is -3.18. The first kappa shape index (κ1) is 27.1. The maximum atomic E-state index is 13.5. The summed E-state index contributed by atoms with van der Waals surface area (Å²) < 4.78 is 25.9. The molecule has 12 heteroatoms. The van der Waals surface area contributed by atoms with E-state index in [1.54, 1.807) is 38.1 Å².